The highest BCUT2D eigenvalue weighted by Crippen LogP contribution is 2.29. The summed E-state index contributed by atoms with van der Waals surface area (Å²) in [6.07, 6.45) is -0.755. The van der Waals surface area contributed by atoms with E-state index in [2.05, 4.69) is 36.1 Å². The fourth-order valence-corrected chi connectivity index (χ4v) is 4.19. The minimum Gasteiger partial charge on any atom is -0.394 e. The van der Waals surface area contributed by atoms with Gasteiger partial charge in [0.25, 0.3) is 5.56 Å². The fraction of sp³-hybridized carbons (Fsp3) is 0.444. The quantitative estimate of drug-likeness (QED) is 0.524. The van der Waals surface area contributed by atoms with Crippen LogP contribution in [0.5, 0.6) is 0 Å². The Kier molecular flexibility index (Phi) is 5.55. The number of aliphatic hydroxyl groups is 2. The molecule has 7 nitrogen and oxygen atoms in total. The Bertz CT molecular complexity index is 1010. The Labute approximate surface area is 161 Å². The van der Waals surface area contributed by atoms with Gasteiger partial charge in [0.15, 0.2) is 0 Å². The van der Waals surface area contributed by atoms with Crippen molar-refractivity contribution in [1.29, 1.82) is 0 Å². The van der Waals surface area contributed by atoms with Crippen molar-refractivity contribution < 1.29 is 14.9 Å². The van der Waals surface area contributed by atoms with Crippen LogP contribution in [0, 0.1) is 11.5 Å². The van der Waals surface area contributed by atoms with Gasteiger partial charge < -0.3 is 14.9 Å². The predicted octanol–water partition coefficient (Wildman–Crippen LogP) is 1.13. The Morgan fingerprint density at radius 1 is 1.37 bits per heavy atom. The lowest BCUT2D eigenvalue weighted by Crippen LogP contribution is -2.33. The molecule has 3 atom stereocenters. The molecule has 0 aliphatic carbocycles. The average molecular weight is 407 g/mol. The second kappa shape index (κ2) is 7.57. The molecular formula is C18H22N2O5SSi. The average Bonchev–Trinajstić information content (AvgIpc) is 3.19. The summed E-state index contributed by atoms with van der Waals surface area (Å²) >= 11 is 1.39. The van der Waals surface area contributed by atoms with Crippen LogP contribution >= 0.6 is 11.3 Å². The number of thiophene rings is 1. The standard InChI is InChI=1S/C18H22N2O5SSi/c1-27(2,3)7-6-11-4-5-15(26-11)12-9-20(18(24)19-17(12)23)16-8-13(22)14(10-21)25-16/h4-5,9,13-14,16,21-22H,8,10H2,1-3H3,(H,19,23,24)/t13-,14+,16+/m0/s1. The lowest BCUT2D eigenvalue weighted by molar-refractivity contribution is -0.0458. The molecule has 0 amide bonds. The van der Waals surface area contributed by atoms with Crippen molar-refractivity contribution in [2.24, 2.45) is 0 Å². The smallest absolute Gasteiger partial charge is 0.330 e. The largest absolute Gasteiger partial charge is 0.394 e. The first kappa shape index (κ1) is 19.8. The second-order valence-corrected chi connectivity index (χ2v) is 13.3. The van der Waals surface area contributed by atoms with Crippen molar-refractivity contribution >= 4 is 19.4 Å². The van der Waals surface area contributed by atoms with E-state index in [-0.39, 0.29) is 13.0 Å². The molecule has 2 aromatic heterocycles. The van der Waals surface area contributed by atoms with Crippen LogP contribution in [0.15, 0.2) is 27.9 Å². The van der Waals surface area contributed by atoms with Crippen molar-refractivity contribution in [2.75, 3.05) is 6.61 Å². The molecule has 144 valence electrons. The maximum Gasteiger partial charge on any atom is 0.330 e. The van der Waals surface area contributed by atoms with E-state index in [9.17, 15) is 19.8 Å². The van der Waals surface area contributed by atoms with Crippen LogP contribution in [-0.4, -0.2) is 46.7 Å². The van der Waals surface area contributed by atoms with Crippen LogP contribution in [0.3, 0.4) is 0 Å². The number of ether oxygens (including phenoxy) is 1. The van der Waals surface area contributed by atoms with Gasteiger partial charge in [-0.1, -0.05) is 25.6 Å². The first-order chi connectivity index (χ1) is 12.7. The van der Waals surface area contributed by atoms with E-state index in [1.165, 1.54) is 22.1 Å². The molecule has 0 aromatic carbocycles. The van der Waals surface area contributed by atoms with Crippen molar-refractivity contribution in [1.82, 2.24) is 9.55 Å². The molecule has 3 heterocycles. The van der Waals surface area contributed by atoms with Crippen molar-refractivity contribution in [2.45, 2.75) is 44.5 Å². The van der Waals surface area contributed by atoms with Crippen molar-refractivity contribution in [3.05, 3.63) is 44.0 Å². The van der Waals surface area contributed by atoms with Crippen LogP contribution in [-0.2, 0) is 4.74 Å². The molecule has 0 spiro atoms. The zero-order chi connectivity index (χ0) is 19.8. The Morgan fingerprint density at radius 2 is 2.11 bits per heavy atom. The molecule has 1 aliphatic rings. The van der Waals surface area contributed by atoms with E-state index in [1.54, 1.807) is 6.07 Å². The van der Waals surface area contributed by atoms with E-state index in [0.29, 0.717) is 10.4 Å². The Hall–Kier alpha value is -1.96. The summed E-state index contributed by atoms with van der Waals surface area (Å²) in [5, 5.41) is 19.1. The molecule has 3 N–H and O–H groups in total. The molecule has 1 aliphatic heterocycles. The molecule has 27 heavy (non-hydrogen) atoms. The Balaban J connectivity index is 1.96. The summed E-state index contributed by atoms with van der Waals surface area (Å²) in [6, 6.07) is 3.67. The molecule has 0 saturated carbocycles. The van der Waals surface area contributed by atoms with Gasteiger partial charge in [-0.25, -0.2) is 4.79 Å². The number of nitrogens with one attached hydrogen (secondary N) is 1. The summed E-state index contributed by atoms with van der Waals surface area (Å²) in [5.41, 5.74) is 2.52. The second-order valence-electron chi connectivity index (χ2n) is 7.49. The third-order valence-electron chi connectivity index (χ3n) is 4.09. The molecule has 2 aromatic rings. The van der Waals surface area contributed by atoms with Crippen LogP contribution in [0.4, 0.5) is 0 Å². The highest BCUT2D eigenvalue weighted by molar-refractivity contribution is 7.16. The zero-order valence-electron chi connectivity index (χ0n) is 15.4. The fourth-order valence-electron chi connectivity index (χ4n) is 2.72. The van der Waals surface area contributed by atoms with Crippen LogP contribution in [0.2, 0.25) is 19.6 Å². The highest BCUT2D eigenvalue weighted by Gasteiger charge is 2.35. The lowest BCUT2D eigenvalue weighted by Gasteiger charge is -2.15. The number of hydrogen-bond donors (Lipinski definition) is 3. The minimum absolute atomic E-state index is 0.161. The van der Waals surface area contributed by atoms with E-state index in [4.69, 9.17) is 4.74 Å². The molecule has 1 saturated heterocycles. The van der Waals surface area contributed by atoms with Gasteiger partial charge in [-0.2, -0.15) is 0 Å². The predicted molar refractivity (Wildman–Crippen MR) is 106 cm³/mol. The lowest BCUT2D eigenvalue weighted by atomic mass is 10.2. The van der Waals surface area contributed by atoms with E-state index >= 15 is 0 Å². The topological polar surface area (TPSA) is 105 Å². The third kappa shape index (κ3) is 4.48. The first-order valence-corrected chi connectivity index (χ1v) is 12.9. The van der Waals surface area contributed by atoms with Gasteiger partial charge in [-0.15, -0.1) is 16.9 Å². The molecule has 0 unspecified atom stereocenters. The number of nitrogens with zero attached hydrogens (tertiary/aromatic N) is 1. The van der Waals surface area contributed by atoms with Gasteiger partial charge >= 0.3 is 5.69 Å². The van der Waals surface area contributed by atoms with Crippen molar-refractivity contribution in [3.8, 4) is 21.9 Å². The molecular weight excluding hydrogens is 384 g/mol. The minimum atomic E-state index is -1.50. The molecule has 9 heteroatoms. The Morgan fingerprint density at radius 3 is 2.74 bits per heavy atom. The monoisotopic (exact) mass is 406 g/mol. The van der Waals surface area contributed by atoms with Gasteiger partial charge in [0, 0.05) is 17.5 Å². The number of aliphatic hydroxyl groups excluding tert-OH is 2. The molecule has 0 bridgehead atoms. The van der Waals surface area contributed by atoms with Gasteiger partial charge in [-0.3, -0.25) is 14.3 Å². The third-order valence-corrected chi connectivity index (χ3v) is 6.00. The van der Waals surface area contributed by atoms with E-state index in [1.807, 2.05) is 6.07 Å². The summed E-state index contributed by atoms with van der Waals surface area (Å²) < 4.78 is 6.78. The van der Waals surface area contributed by atoms with Crippen LogP contribution in [0.1, 0.15) is 17.5 Å². The van der Waals surface area contributed by atoms with Gasteiger partial charge in [0.1, 0.15) is 20.4 Å². The molecule has 0 radical (unpaired) electrons. The summed E-state index contributed by atoms with van der Waals surface area (Å²) in [4.78, 5) is 28.4. The molecule has 1 fully saturated rings. The zero-order valence-corrected chi connectivity index (χ0v) is 17.2. The number of aromatic amines is 1. The number of rotatable bonds is 3. The summed E-state index contributed by atoms with van der Waals surface area (Å²) in [7, 11) is -1.50. The number of aromatic nitrogens is 2. The van der Waals surface area contributed by atoms with Gasteiger partial charge in [0.2, 0.25) is 0 Å². The first-order valence-electron chi connectivity index (χ1n) is 8.61. The normalized spacial score (nSPS) is 22.5. The van der Waals surface area contributed by atoms with E-state index < -0.39 is 37.8 Å². The number of H-pyrrole nitrogens is 1. The SMILES string of the molecule is C[Si](C)(C)C#Cc1ccc(-c2cn([C@H]3C[C@H](O)[C@@H](CO)O3)c(=O)[nH]c2=O)s1. The summed E-state index contributed by atoms with van der Waals surface area (Å²) in [6.45, 7) is 6.13. The maximum absolute atomic E-state index is 12.3. The highest BCUT2D eigenvalue weighted by atomic mass is 32.1. The van der Waals surface area contributed by atoms with Gasteiger partial charge in [-0.05, 0) is 12.1 Å². The van der Waals surface area contributed by atoms with Crippen LogP contribution in [0.25, 0.3) is 10.4 Å². The molecule has 3 rings (SSSR count). The summed E-state index contributed by atoms with van der Waals surface area (Å²) in [5.74, 6) is 3.16. The maximum atomic E-state index is 12.3. The van der Waals surface area contributed by atoms with Crippen molar-refractivity contribution in [3.63, 3.8) is 0 Å². The van der Waals surface area contributed by atoms with E-state index in [0.717, 1.165) is 4.88 Å². The van der Waals surface area contributed by atoms with Crippen LogP contribution < -0.4 is 11.2 Å². The number of hydrogen-bond acceptors (Lipinski definition) is 6. The van der Waals surface area contributed by atoms with Gasteiger partial charge in [0.05, 0.1) is 23.2 Å².